The fraction of sp³-hybridized carbons (Fsp3) is 0.833. The van der Waals surface area contributed by atoms with E-state index in [-0.39, 0.29) is 11.3 Å². The van der Waals surface area contributed by atoms with Crippen LogP contribution in [0.3, 0.4) is 0 Å². The Bertz CT molecular complexity index is 315. The molecule has 2 rings (SSSR count). The minimum absolute atomic E-state index is 0.0900. The molecule has 1 heterocycles. The summed E-state index contributed by atoms with van der Waals surface area (Å²) in [5.41, 5.74) is -0.310. The Morgan fingerprint density at radius 3 is 2.94 bits per heavy atom. The molecule has 3 unspecified atom stereocenters. The topological polar surface area (TPSA) is 66.4 Å². The predicted molar refractivity (Wildman–Crippen MR) is 58.9 cm³/mol. The first-order valence-electron chi connectivity index (χ1n) is 6.12. The van der Waals surface area contributed by atoms with E-state index in [4.69, 9.17) is 0 Å². The van der Waals surface area contributed by atoms with Gasteiger partial charge in [0.2, 0.25) is 5.91 Å². The first-order valence-corrected chi connectivity index (χ1v) is 6.12. The van der Waals surface area contributed by atoms with Gasteiger partial charge in [-0.3, -0.25) is 4.79 Å². The maximum atomic E-state index is 11.5. The number of rotatable bonds is 2. The van der Waals surface area contributed by atoms with Gasteiger partial charge in [-0.2, -0.15) is 0 Å². The van der Waals surface area contributed by atoms with Crippen molar-refractivity contribution in [1.82, 2.24) is 5.32 Å². The molecule has 1 aliphatic heterocycles. The molecule has 3 atom stereocenters. The fourth-order valence-electron chi connectivity index (χ4n) is 3.62. The van der Waals surface area contributed by atoms with Crippen molar-refractivity contribution in [2.24, 2.45) is 11.3 Å². The van der Waals surface area contributed by atoms with Crippen LogP contribution in [0.4, 0.5) is 0 Å². The lowest BCUT2D eigenvalue weighted by Crippen LogP contribution is -2.48. The van der Waals surface area contributed by atoms with Crippen LogP contribution in [0.2, 0.25) is 0 Å². The monoisotopic (exact) mass is 225 g/mol. The summed E-state index contributed by atoms with van der Waals surface area (Å²) in [6.45, 7) is 2.10. The number of hydrogen-bond donors (Lipinski definition) is 2. The molecule has 90 valence electrons. The molecule has 1 aliphatic carbocycles. The molecule has 1 saturated carbocycles. The molecule has 4 heteroatoms. The SMILES string of the molecule is CCC1CCCCC12CC(=O)NC2C(=O)O. The Kier molecular flexibility index (Phi) is 2.91. The highest BCUT2D eigenvalue weighted by Gasteiger charge is 2.54. The van der Waals surface area contributed by atoms with Gasteiger partial charge in [-0.15, -0.1) is 0 Å². The van der Waals surface area contributed by atoms with Crippen LogP contribution in [-0.4, -0.2) is 23.0 Å². The van der Waals surface area contributed by atoms with Crippen LogP contribution in [0.5, 0.6) is 0 Å². The quantitative estimate of drug-likeness (QED) is 0.749. The molecule has 0 aromatic heterocycles. The lowest BCUT2D eigenvalue weighted by atomic mass is 9.61. The van der Waals surface area contributed by atoms with E-state index in [0.717, 1.165) is 25.7 Å². The van der Waals surface area contributed by atoms with Gasteiger partial charge in [0.25, 0.3) is 0 Å². The zero-order valence-corrected chi connectivity index (χ0v) is 9.66. The minimum Gasteiger partial charge on any atom is -0.480 e. The molecule has 1 amide bonds. The number of nitrogens with one attached hydrogen (secondary N) is 1. The number of aliphatic carboxylic acids is 1. The standard InChI is InChI=1S/C12H19NO3/c1-2-8-5-3-4-6-12(8)7-9(14)13-10(12)11(15)16/h8,10H,2-7H2,1H3,(H,13,14)(H,15,16). The van der Waals surface area contributed by atoms with Crippen LogP contribution in [-0.2, 0) is 9.59 Å². The average molecular weight is 225 g/mol. The summed E-state index contributed by atoms with van der Waals surface area (Å²) in [6.07, 6.45) is 5.54. The summed E-state index contributed by atoms with van der Waals surface area (Å²) >= 11 is 0. The Labute approximate surface area is 95.4 Å². The second-order valence-corrected chi connectivity index (χ2v) is 5.10. The predicted octanol–water partition coefficient (Wildman–Crippen LogP) is 1.55. The molecule has 0 aromatic carbocycles. The molecule has 0 bridgehead atoms. The van der Waals surface area contributed by atoms with Crippen LogP contribution >= 0.6 is 0 Å². The summed E-state index contributed by atoms with van der Waals surface area (Å²) in [5, 5.41) is 11.9. The van der Waals surface area contributed by atoms with Gasteiger partial charge >= 0.3 is 5.97 Å². The number of carboxylic acid groups (broad SMARTS) is 1. The maximum absolute atomic E-state index is 11.5. The third-order valence-electron chi connectivity index (χ3n) is 4.37. The van der Waals surface area contributed by atoms with Gasteiger partial charge in [-0.25, -0.2) is 4.79 Å². The van der Waals surface area contributed by atoms with E-state index in [2.05, 4.69) is 12.2 Å². The van der Waals surface area contributed by atoms with E-state index in [9.17, 15) is 14.7 Å². The lowest BCUT2D eigenvalue weighted by molar-refractivity contribution is -0.144. The molecule has 0 aromatic rings. The van der Waals surface area contributed by atoms with E-state index in [0.29, 0.717) is 12.3 Å². The van der Waals surface area contributed by atoms with Crippen molar-refractivity contribution in [2.45, 2.75) is 51.5 Å². The zero-order valence-electron chi connectivity index (χ0n) is 9.66. The highest BCUT2D eigenvalue weighted by Crippen LogP contribution is 2.50. The van der Waals surface area contributed by atoms with Crippen molar-refractivity contribution in [1.29, 1.82) is 0 Å². The number of amides is 1. The van der Waals surface area contributed by atoms with Gasteiger partial charge in [0, 0.05) is 11.8 Å². The van der Waals surface area contributed by atoms with Gasteiger partial charge in [-0.1, -0.05) is 26.2 Å². The van der Waals surface area contributed by atoms with Crippen molar-refractivity contribution in [3.8, 4) is 0 Å². The van der Waals surface area contributed by atoms with Crippen molar-refractivity contribution >= 4 is 11.9 Å². The van der Waals surface area contributed by atoms with Gasteiger partial charge in [-0.05, 0) is 18.8 Å². The average Bonchev–Trinajstić information content (AvgIpc) is 2.57. The van der Waals surface area contributed by atoms with Crippen LogP contribution in [0, 0.1) is 11.3 Å². The summed E-state index contributed by atoms with van der Waals surface area (Å²) in [5.74, 6) is -0.583. The maximum Gasteiger partial charge on any atom is 0.326 e. The van der Waals surface area contributed by atoms with E-state index in [1.165, 1.54) is 6.42 Å². The Balaban J connectivity index is 2.31. The van der Waals surface area contributed by atoms with Gasteiger partial charge in [0.15, 0.2) is 0 Å². The largest absolute Gasteiger partial charge is 0.480 e. The smallest absolute Gasteiger partial charge is 0.326 e. The molecule has 2 N–H and O–H groups in total. The zero-order chi connectivity index (χ0) is 11.8. The summed E-state index contributed by atoms with van der Waals surface area (Å²) in [4.78, 5) is 22.8. The molecular weight excluding hydrogens is 206 g/mol. The summed E-state index contributed by atoms with van der Waals surface area (Å²) < 4.78 is 0. The lowest BCUT2D eigenvalue weighted by Gasteiger charge is -2.42. The Morgan fingerprint density at radius 1 is 1.56 bits per heavy atom. The molecule has 2 fully saturated rings. The first kappa shape index (κ1) is 11.4. The number of carboxylic acids is 1. The van der Waals surface area contributed by atoms with Crippen LogP contribution in [0.15, 0.2) is 0 Å². The second-order valence-electron chi connectivity index (χ2n) is 5.10. The van der Waals surface area contributed by atoms with Crippen molar-refractivity contribution in [3.05, 3.63) is 0 Å². The van der Waals surface area contributed by atoms with Crippen molar-refractivity contribution in [3.63, 3.8) is 0 Å². The third-order valence-corrected chi connectivity index (χ3v) is 4.37. The van der Waals surface area contributed by atoms with Crippen LogP contribution in [0.25, 0.3) is 0 Å². The van der Waals surface area contributed by atoms with E-state index < -0.39 is 12.0 Å². The number of carbonyl (C=O) groups is 2. The highest BCUT2D eigenvalue weighted by molar-refractivity contribution is 5.89. The van der Waals surface area contributed by atoms with Crippen LogP contribution in [0.1, 0.15) is 45.4 Å². The highest BCUT2D eigenvalue weighted by atomic mass is 16.4. The number of carbonyl (C=O) groups excluding carboxylic acids is 1. The van der Waals surface area contributed by atoms with Gasteiger partial charge < -0.3 is 10.4 Å². The van der Waals surface area contributed by atoms with Crippen LogP contribution < -0.4 is 5.32 Å². The Hall–Kier alpha value is -1.06. The molecule has 1 saturated heterocycles. The molecule has 0 radical (unpaired) electrons. The first-order chi connectivity index (χ1) is 7.60. The van der Waals surface area contributed by atoms with Gasteiger partial charge in [0.05, 0.1) is 0 Å². The summed E-state index contributed by atoms with van der Waals surface area (Å²) in [7, 11) is 0. The molecule has 16 heavy (non-hydrogen) atoms. The van der Waals surface area contributed by atoms with Gasteiger partial charge in [0.1, 0.15) is 6.04 Å². The van der Waals surface area contributed by atoms with E-state index in [1.807, 2.05) is 0 Å². The minimum atomic E-state index is -0.869. The summed E-state index contributed by atoms with van der Waals surface area (Å²) in [6, 6.07) is -0.662. The second kappa shape index (κ2) is 4.07. The van der Waals surface area contributed by atoms with Crippen molar-refractivity contribution in [2.75, 3.05) is 0 Å². The molecular formula is C12H19NO3. The molecule has 2 aliphatic rings. The molecule has 4 nitrogen and oxygen atoms in total. The molecule has 1 spiro atoms. The normalized spacial score (nSPS) is 38.7. The fourth-order valence-corrected chi connectivity index (χ4v) is 3.62. The van der Waals surface area contributed by atoms with Crippen molar-refractivity contribution < 1.29 is 14.7 Å². The van der Waals surface area contributed by atoms with E-state index in [1.54, 1.807) is 0 Å². The van der Waals surface area contributed by atoms with E-state index >= 15 is 0 Å². The number of hydrogen-bond acceptors (Lipinski definition) is 2. The third kappa shape index (κ3) is 1.60. The Morgan fingerprint density at radius 2 is 2.31 bits per heavy atom.